The van der Waals surface area contributed by atoms with Crippen molar-refractivity contribution in [3.63, 3.8) is 0 Å². The standard InChI is InChI=1S/C23H27ClO6/c1-3-22-13-29-23(30-22,21(27)19(25)20(22)26)16-7-10-18(24)15(12-16)11-14-5-8-17(9-6-14)28-4-2/h5-10,12,19-21,25-27H,3-4,11,13H2,1-2H3. The third-order valence-corrected chi connectivity index (χ3v) is 6.51. The molecule has 4 rings (SSSR count). The van der Waals surface area contributed by atoms with Crippen LogP contribution in [0, 0.1) is 0 Å². The molecule has 5 unspecified atom stereocenters. The maximum absolute atomic E-state index is 10.8. The van der Waals surface area contributed by atoms with Gasteiger partial charge in [0.05, 0.1) is 13.2 Å². The zero-order valence-electron chi connectivity index (χ0n) is 17.0. The molecule has 2 bridgehead atoms. The lowest BCUT2D eigenvalue weighted by Crippen LogP contribution is -2.64. The fourth-order valence-corrected chi connectivity index (χ4v) is 4.49. The van der Waals surface area contributed by atoms with Crippen LogP contribution in [0.1, 0.15) is 37.0 Å². The molecule has 6 nitrogen and oxygen atoms in total. The number of ether oxygens (including phenoxy) is 3. The van der Waals surface area contributed by atoms with E-state index in [4.69, 9.17) is 25.8 Å². The first-order valence-corrected chi connectivity index (χ1v) is 10.6. The van der Waals surface area contributed by atoms with Crippen molar-refractivity contribution in [3.8, 4) is 5.75 Å². The van der Waals surface area contributed by atoms with Crippen molar-refractivity contribution in [2.24, 2.45) is 0 Å². The van der Waals surface area contributed by atoms with Crippen molar-refractivity contribution in [1.82, 2.24) is 0 Å². The Morgan fingerprint density at radius 1 is 1.07 bits per heavy atom. The Morgan fingerprint density at radius 2 is 1.80 bits per heavy atom. The Balaban J connectivity index is 1.66. The van der Waals surface area contributed by atoms with Gasteiger partial charge < -0.3 is 29.5 Å². The summed E-state index contributed by atoms with van der Waals surface area (Å²) in [6.45, 7) is 4.48. The molecule has 2 fully saturated rings. The van der Waals surface area contributed by atoms with Gasteiger partial charge in [-0.2, -0.15) is 0 Å². The second-order valence-corrected chi connectivity index (χ2v) is 8.32. The van der Waals surface area contributed by atoms with Gasteiger partial charge in [0.15, 0.2) is 0 Å². The molecule has 0 amide bonds. The van der Waals surface area contributed by atoms with E-state index in [0.29, 0.717) is 30.0 Å². The maximum Gasteiger partial charge on any atom is 0.225 e. The van der Waals surface area contributed by atoms with E-state index in [1.165, 1.54) is 0 Å². The predicted octanol–water partition coefficient (Wildman–Crippen LogP) is 2.77. The Labute approximate surface area is 181 Å². The van der Waals surface area contributed by atoms with Crippen molar-refractivity contribution in [2.75, 3.05) is 13.2 Å². The number of benzene rings is 2. The fourth-order valence-electron chi connectivity index (χ4n) is 4.30. The summed E-state index contributed by atoms with van der Waals surface area (Å²) in [5.41, 5.74) is 1.38. The number of rotatable bonds is 6. The molecular weight excluding hydrogens is 408 g/mol. The largest absolute Gasteiger partial charge is 0.494 e. The normalized spacial score (nSPS) is 32.9. The summed E-state index contributed by atoms with van der Waals surface area (Å²) in [5, 5.41) is 32.3. The molecule has 0 aliphatic carbocycles. The van der Waals surface area contributed by atoms with Crippen LogP contribution in [0.25, 0.3) is 0 Å². The minimum Gasteiger partial charge on any atom is -0.494 e. The molecule has 2 aromatic rings. The van der Waals surface area contributed by atoms with E-state index in [9.17, 15) is 15.3 Å². The second kappa shape index (κ2) is 8.11. The van der Waals surface area contributed by atoms with Gasteiger partial charge in [-0.1, -0.05) is 36.7 Å². The van der Waals surface area contributed by atoms with Crippen LogP contribution in [-0.4, -0.2) is 52.4 Å². The molecule has 0 spiro atoms. The van der Waals surface area contributed by atoms with Crippen LogP contribution in [-0.2, 0) is 21.7 Å². The Bertz CT molecular complexity index is 903. The number of halogens is 1. The van der Waals surface area contributed by atoms with Gasteiger partial charge in [0.2, 0.25) is 5.79 Å². The van der Waals surface area contributed by atoms with Gasteiger partial charge in [0.25, 0.3) is 0 Å². The van der Waals surface area contributed by atoms with Gasteiger partial charge >= 0.3 is 0 Å². The number of hydrogen-bond donors (Lipinski definition) is 3. The third-order valence-electron chi connectivity index (χ3n) is 6.14. The topological polar surface area (TPSA) is 88.4 Å². The SMILES string of the molecule is CCOc1ccc(Cc2cc(C34OCC(CC)(O3)C(O)C(O)C4O)ccc2Cl)cc1. The molecule has 2 aliphatic rings. The monoisotopic (exact) mass is 434 g/mol. The Kier molecular flexibility index (Phi) is 5.83. The number of hydrogen-bond acceptors (Lipinski definition) is 6. The smallest absolute Gasteiger partial charge is 0.225 e. The highest BCUT2D eigenvalue weighted by Crippen LogP contribution is 2.51. The van der Waals surface area contributed by atoms with Crippen molar-refractivity contribution < 1.29 is 29.5 Å². The van der Waals surface area contributed by atoms with Crippen LogP contribution in [0.4, 0.5) is 0 Å². The first kappa shape index (κ1) is 21.6. The van der Waals surface area contributed by atoms with E-state index >= 15 is 0 Å². The summed E-state index contributed by atoms with van der Waals surface area (Å²) in [5.74, 6) is -0.742. The van der Waals surface area contributed by atoms with Crippen molar-refractivity contribution in [1.29, 1.82) is 0 Å². The molecule has 3 N–H and O–H groups in total. The lowest BCUT2D eigenvalue weighted by atomic mass is 9.82. The molecule has 0 aromatic heterocycles. The van der Waals surface area contributed by atoms with Gasteiger partial charge in [-0.05, 0) is 55.2 Å². The van der Waals surface area contributed by atoms with Gasteiger partial charge in [-0.3, -0.25) is 0 Å². The van der Waals surface area contributed by atoms with E-state index in [-0.39, 0.29) is 6.61 Å². The highest BCUT2D eigenvalue weighted by atomic mass is 35.5. The number of aliphatic hydroxyl groups is 3. The summed E-state index contributed by atoms with van der Waals surface area (Å²) in [4.78, 5) is 0. The van der Waals surface area contributed by atoms with E-state index < -0.39 is 29.7 Å². The van der Waals surface area contributed by atoms with Crippen molar-refractivity contribution in [2.45, 2.75) is 56.4 Å². The van der Waals surface area contributed by atoms with Crippen LogP contribution in [0.15, 0.2) is 42.5 Å². The fraction of sp³-hybridized carbons (Fsp3) is 0.478. The molecule has 0 saturated carbocycles. The molecule has 2 saturated heterocycles. The molecular formula is C23H27ClO6. The van der Waals surface area contributed by atoms with Crippen molar-refractivity contribution >= 4 is 11.6 Å². The quantitative estimate of drug-likeness (QED) is 0.648. The lowest BCUT2D eigenvalue weighted by molar-refractivity contribution is -0.325. The van der Waals surface area contributed by atoms with Gasteiger partial charge in [-0.15, -0.1) is 0 Å². The van der Waals surface area contributed by atoms with Gasteiger partial charge in [-0.25, -0.2) is 0 Å². The van der Waals surface area contributed by atoms with Gasteiger partial charge in [0, 0.05) is 10.6 Å². The summed E-state index contributed by atoms with van der Waals surface area (Å²) in [6, 6.07) is 13.1. The average molecular weight is 435 g/mol. The molecule has 162 valence electrons. The summed E-state index contributed by atoms with van der Waals surface area (Å²) < 4.78 is 17.6. The number of aliphatic hydroxyl groups excluding tert-OH is 3. The highest BCUT2D eigenvalue weighted by Gasteiger charge is 2.66. The molecule has 7 heteroatoms. The molecule has 0 radical (unpaired) electrons. The van der Waals surface area contributed by atoms with Crippen LogP contribution in [0.2, 0.25) is 5.02 Å². The molecule has 30 heavy (non-hydrogen) atoms. The van der Waals surface area contributed by atoms with Crippen LogP contribution < -0.4 is 4.74 Å². The lowest BCUT2D eigenvalue weighted by Gasteiger charge is -2.46. The van der Waals surface area contributed by atoms with Crippen LogP contribution >= 0.6 is 11.6 Å². The van der Waals surface area contributed by atoms with Crippen LogP contribution in [0.5, 0.6) is 5.75 Å². The molecule has 5 atom stereocenters. The van der Waals surface area contributed by atoms with Gasteiger partial charge in [0.1, 0.15) is 29.7 Å². The zero-order chi connectivity index (χ0) is 21.5. The first-order chi connectivity index (χ1) is 14.3. The number of fused-ring (bicyclic) bond motifs is 2. The summed E-state index contributed by atoms with van der Waals surface area (Å²) >= 11 is 6.45. The second-order valence-electron chi connectivity index (χ2n) is 7.92. The van der Waals surface area contributed by atoms with E-state index in [0.717, 1.165) is 16.9 Å². The molecule has 2 aromatic carbocycles. The Morgan fingerprint density at radius 3 is 2.47 bits per heavy atom. The zero-order valence-corrected chi connectivity index (χ0v) is 17.8. The minimum absolute atomic E-state index is 0.0790. The van der Waals surface area contributed by atoms with E-state index in [2.05, 4.69) is 0 Å². The van der Waals surface area contributed by atoms with E-state index in [1.54, 1.807) is 12.1 Å². The van der Waals surface area contributed by atoms with E-state index in [1.807, 2.05) is 44.2 Å². The molecule has 2 aliphatic heterocycles. The maximum atomic E-state index is 10.8. The van der Waals surface area contributed by atoms with Crippen molar-refractivity contribution in [3.05, 3.63) is 64.2 Å². The predicted molar refractivity (Wildman–Crippen MR) is 112 cm³/mol. The Hall–Kier alpha value is -1.67. The first-order valence-electron chi connectivity index (χ1n) is 10.2. The highest BCUT2D eigenvalue weighted by molar-refractivity contribution is 6.31. The van der Waals surface area contributed by atoms with Crippen LogP contribution in [0.3, 0.4) is 0 Å². The third kappa shape index (κ3) is 3.42. The summed E-state index contributed by atoms with van der Waals surface area (Å²) in [6.07, 6.45) is -3.05. The minimum atomic E-state index is -1.55. The molecule has 2 heterocycles. The average Bonchev–Trinajstić information content (AvgIpc) is 3.14. The summed E-state index contributed by atoms with van der Waals surface area (Å²) in [7, 11) is 0.